The lowest BCUT2D eigenvalue weighted by atomic mass is 9.87. The highest BCUT2D eigenvalue weighted by molar-refractivity contribution is 7.98. The molecule has 1 aliphatic heterocycles. The van der Waals surface area contributed by atoms with Crippen LogP contribution in [0.2, 0.25) is 0 Å². The van der Waals surface area contributed by atoms with Gasteiger partial charge in [-0.15, -0.1) is 0 Å². The fraction of sp³-hybridized carbons (Fsp3) is 1.00. The van der Waals surface area contributed by atoms with Gasteiger partial charge in [-0.2, -0.15) is 24.9 Å². The molecule has 0 amide bonds. The topological polar surface area (TPSA) is 29.3 Å². The summed E-state index contributed by atoms with van der Waals surface area (Å²) in [5, 5.41) is 0. The van der Waals surface area contributed by atoms with Crippen LogP contribution in [-0.2, 0) is 0 Å². The SMILES string of the molecule is CSCC[C@@H](N)CN1CCC(C(F)(F)F)C1(C)C. The van der Waals surface area contributed by atoms with Crippen LogP contribution in [0.1, 0.15) is 26.7 Å². The summed E-state index contributed by atoms with van der Waals surface area (Å²) in [6.07, 6.45) is -1.07. The van der Waals surface area contributed by atoms with E-state index in [0.29, 0.717) is 13.1 Å². The first kappa shape index (κ1) is 16.1. The maximum Gasteiger partial charge on any atom is 0.393 e. The van der Waals surface area contributed by atoms with Crippen LogP contribution in [0, 0.1) is 5.92 Å². The molecule has 1 saturated heterocycles. The van der Waals surface area contributed by atoms with E-state index in [9.17, 15) is 13.2 Å². The Balaban J connectivity index is 2.59. The van der Waals surface area contributed by atoms with Crippen molar-refractivity contribution in [1.29, 1.82) is 0 Å². The molecule has 0 bridgehead atoms. The molecule has 6 heteroatoms. The molecule has 1 aliphatic rings. The lowest BCUT2D eigenvalue weighted by Gasteiger charge is -2.38. The molecule has 0 saturated carbocycles. The Morgan fingerprint density at radius 3 is 2.50 bits per heavy atom. The van der Waals surface area contributed by atoms with Crippen LogP contribution in [0.25, 0.3) is 0 Å². The molecule has 1 unspecified atom stereocenters. The van der Waals surface area contributed by atoms with Crippen LogP contribution in [0.3, 0.4) is 0 Å². The van der Waals surface area contributed by atoms with Gasteiger partial charge in [-0.1, -0.05) is 0 Å². The highest BCUT2D eigenvalue weighted by atomic mass is 32.2. The molecular weight excluding hydrogens is 261 g/mol. The molecule has 0 spiro atoms. The Morgan fingerprint density at radius 2 is 2.06 bits per heavy atom. The molecule has 0 aromatic heterocycles. The van der Waals surface area contributed by atoms with Gasteiger partial charge < -0.3 is 5.73 Å². The number of halogens is 3. The monoisotopic (exact) mass is 284 g/mol. The molecule has 1 fully saturated rings. The van der Waals surface area contributed by atoms with Crippen LogP contribution in [0.15, 0.2) is 0 Å². The van der Waals surface area contributed by atoms with Crippen molar-refractivity contribution in [3.05, 3.63) is 0 Å². The minimum atomic E-state index is -4.11. The molecule has 0 aliphatic carbocycles. The zero-order chi connectivity index (χ0) is 14.0. The van der Waals surface area contributed by atoms with E-state index < -0.39 is 17.6 Å². The van der Waals surface area contributed by atoms with Gasteiger partial charge in [0.25, 0.3) is 0 Å². The summed E-state index contributed by atoms with van der Waals surface area (Å²) >= 11 is 1.71. The van der Waals surface area contributed by atoms with E-state index in [1.807, 2.05) is 11.2 Å². The zero-order valence-corrected chi connectivity index (χ0v) is 12.1. The molecule has 1 heterocycles. The standard InChI is InChI=1S/C12H23F3N2S/c1-11(2)10(12(13,14)15)4-6-17(11)8-9(16)5-7-18-3/h9-10H,4-8,16H2,1-3H3/t9-,10?/m1/s1. The van der Waals surface area contributed by atoms with Crippen LogP contribution in [0.5, 0.6) is 0 Å². The second-order valence-corrected chi connectivity index (χ2v) is 6.51. The second kappa shape index (κ2) is 6.01. The number of nitrogens with two attached hydrogens (primary N) is 1. The predicted molar refractivity (Wildman–Crippen MR) is 70.8 cm³/mol. The molecule has 2 N–H and O–H groups in total. The second-order valence-electron chi connectivity index (χ2n) is 5.52. The molecule has 1 rings (SSSR count). The van der Waals surface area contributed by atoms with Crippen molar-refractivity contribution < 1.29 is 13.2 Å². The molecule has 108 valence electrons. The number of alkyl halides is 3. The van der Waals surface area contributed by atoms with Crippen LogP contribution < -0.4 is 5.73 Å². The lowest BCUT2D eigenvalue weighted by Crippen LogP contribution is -2.50. The van der Waals surface area contributed by atoms with Gasteiger partial charge in [0.05, 0.1) is 5.92 Å². The number of likely N-dealkylation sites (tertiary alicyclic amines) is 1. The van der Waals surface area contributed by atoms with Gasteiger partial charge in [0.1, 0.15) is 0 Å². The van der Waals surface area contributed by atoms with E-state index in [1.165, 1.54) is 0 Å². The van der Waals surface area contributed by atoms with Crippen molar-refractivity contribution in [3.8, 4) is 0 Å². The Bertz CT molecular complexity index is 269. The summed E-state index contributed by atoms with van der Waals surface area (Å²) in [6, 6.07) is -0.0382. The molecule has 2 atom stereocenters. The predicted octanol–water partition coefficient (Wildman–Crippen LogP) is 2.73. The quantitative estimate of drug-likeness (QED) is 0.841. The molecule has 18 heavy (non-hydrogen) atoms. The fourth-order valence-electron chi connectivity index (χ4n) is 2.68. The Kier molecular flexibility index (Phi) is 5.38. The minimum absolute atomic E-state index is 0.0382. The first-order chi connectivity index (χ1) is 8.19. The van der Waals surface area contributed by atoms with E-state index >= 15 is 0 Å². The molecule has 0 radical (unpaired) electrons. The van der Waals surface area contributed by atoms with Crippen molar-refractivity contribution in [2.24, 2.45) is 11.7 Å². The van der Waals surface area contributed by atoms with E-state index in [4.69, 9.17) is 5.73 Å². The van der Waals surface area contributed by atoms with Crippen LogP contribution >= 0.6 is 11.8 Å². The highest BCUT2D eigenvalue weighted by Crippen LogP contribution is 2.44. The summed E-state index contributed by atoms with van der Waals surface area (Å²) in [5.41, 5.74) is 5.14. The number of hydrogen-bond acceptors (Lipinski definition) is 3. The molecule has 0 aromatic rings. The van der Waals surface area contributed by atoms with E-state index in [0.717, 1.165) is 12.2 Å². The summed E-state index contributed by atoms with van der Waals surface area (Å²) < 4.78 is 38.7. The van der Waals surface area contributed by atoms with Gasteiger partial charge in [-0.05, 0) is 45.2 Å². The molecular formula is C12H23F3N2S. The largest absolute Gasteiger partial charge is 0.393 e. The van der Waals surface area contributed by atoms with Gasteiger partial charge in [0.2, 0.25) is 0 Å². The average Bonchev–Trinajstić information content (AvgIpc) is 2.51. The Hall–Kier alpha value is 0.0600. The third-order valence-electron chi connectivity index (χ3n) is 3.90. The minimum Gasteiger partial charge on any atom is -0.327 e. The van der Waals surface area contributed by atoms with E-state index in [1.54, 1.807) is 25.6 Å². The molecule has 2 nitrogen and oxygen atoms in total. The van der Waals surface area contributed by atoms with Gasteiger partial charge in [0.15, 0.2) is 0 Å². The average molecular weight is 284 g/mol. The van der Waals surface area contributed by atoms with Gasteiger partial charge >= 0.3 is 6.18 Å². The maximum atomic E-state index is 12.9. The Morgan fingerprint density at radius 1 is 1.44 bits per heavy atom. The zero-order valence-electron chi connectivity index (χ0n) is 11.3. The summed E-state index contributed by atoms with van der Waals surface area (Å²) in [4.78, 5) is 1.90. The highest BCUT2D eigenvalue weighted by Gasteiger charge is 2.54. The van der Waals surface area contributed by atoms with Crippen LogP contribution in [0.4, 0.5) is 13.2 Å². The number of hydrogen-bond donors (Lipinski definition) is 1. The maximum absolute atomic E-state index is 12.9. The number of rotatable bonds is 5. The third-order valence-corrected chi connectivity index (χ3v) is 4.54. The van der Waals surface area contributed by atoms with E-state index in [-0.39, 0.29) is 12.5 Å². The van der Waals surface area contributed by atoms with E-state index in [2.05, 4.69) is 0 Å². The fourth-order valence-corrected chi connectivity index (χ4v) is 3.22. The lowest BCUT2D eigenvalue weighted by molar-refractivity contribution is -0.191. The smallest absolute Gasteiger partial charge is 0.327 e. The molecule has 0 aromatic carbocycles. The Labute approximate surface area is 111 Å². The summed E-state index contributed by atoms with van der Waals surface area (Å²) in [6.45, 7) is 4.41. The number of thioether (sulfide) groups is 1. The first-order valence-electron chi connectivity index (χ1n) is 6.26. The van der Waals surface area contributed by atoms with Crippen LogP contribution in [-0.4, -0.2) is 47.8 Å². The van der Waals surface area contributed by atoms with Crippen molar-refractivity contribution in [2.45, 2.75) is 44.4 Å². The normalized spacial score (nSPS) is 26.5. The van der Waals surface area contributed by atoms with Gasteiger partial charge in [-0.3, -0.25) is 4.90 Å². The van der Waals surface area contributed by atoms with Crippen molar-refractivity contribution in [3.63, 3.8) is 0 Å². The van der Waals surface area contributed by atoms with Crippen molar-refractivity contribution >= 4 is 11.8 Å². The first-order valence-corrected chi connectivity index (χ1v) is 7.65. The summed E-state index contributed by atoms with van der Waals surface area (Å²) in [5.74, 6) is -0.282. The summed E-state index contributed by atoms with van der Waals surface area (Å²) in [7, 11) is 0. The van der Waals surface area contributed by atoms with Gasteiger partial charge in [-0.25, -0.2) is 0 Å². The number of nitrogens with zero attached hydrogens (tertiary/aromatic N) is 1. The van der Waals surface area contributed by atoms with Crippen molar-refractivity contribution in [1.82, 2.24) is 4.90 Å². The van der Waals surface area contributed by atoms with Gasteiger partial charge in [0, 0.05) is 18.1 Å². The third kappa shape index (κ3) is 3.78. The van der Waals surface area contributed by atoms with Crippen molar-refractivity contribution in [2.75, 3.05) is 25.1 Å².